The summed E-state index contributed by atoms with van der Waals surface area (Å²) in [6.07, 6.45) is 9.88. The zero-order chi connectivity index (χ0) is 20.5. The molecule has 0 aromatic rings. The van der Waals surface area contributed by atoms with Crippen LogP contribution in [-0.4, -0.2) is 45.6 Å². The Bertz CT molecular complexity index is 383. The third kappa shape index (κ3) is 15.6. The van der Waals surface area contributed by atoms with Crippen molar-refractivity contribution >= 4 is 11.9 Å². The Kier molecular flexibility index (Phi) is 16.3. The van der Waals surface area contributed by atoms with Crippen LogP contribution in [-0.2, 0) is 14.3 Å². The van der Waals surface area contributed by atoms with Crippen molar-refractivity contribution in [2.24, 2.45) is 0 Å². The van der Waals surface area contributed by atoms with Gasteiger partial charge in [-0.15, -0.1) is 0 Å². The maximum atomic E-state index is 11.7. The van der Waals surface area contributed by atoms with Gasteiger partial charge >= 0.3 is 11.9 Å². The number of carbonyl (C=O) groups is 2. The molecule has 6 nitrogen and oxygen atoms in total. The van der Waals surface area contributed by atoms with E-state index in [1.165, 1.54) is 26.2 Å². The molecule has 0 aromatic carbocycles. The third-order valence-electron chi connectivity index (χ3n) is 4.77. The molecular formula is C21H40O6. The van der Waals surface area contributed by atoms with Gasteiger partial charge in [0.05, 0.1) is 6.10 Å². The van der Waals surface area contributed by atoms with Gasteiger partial charge in [0.15, 0.2) is 0 Å². The van der Waals surface area contributed by atoms with Crippen molar-refractivity contribution in [1.82, 2.24) is 0 Å². The lowest BCUT2D eigenvalue weighted by molar-refractivity contribution is -0.164. The number of hydrogen-bond donors (Lipinski definition) is 3. The van der Waals surface area contributed by atoms with E-state index in [-0.39, 0.29) is 6.42 Å². The lowest BCUT2D eigenvalue weighted by Gasteiger charge is -2.24. The van der Waals surface area contributed by atoms with Gasteiger partial charge in [-0.05, 0) is 32.6 Å². The predicted molar refractivity (Wildman–Crippen MR) is 106 cm³/mol. The molecule has 0 fully saturated rings. The van der Waals surface area contributed by atoms with Crippen LogP contribution in [0.5, 0.6) is 0 Å². The summed E-state index contributed by atoms with van der Waals surface area (Å²) in [5.41, 5.74) is 0. The minimum Gasteiger partial charge on any atom is -0.481 e. The van der Waals surface area contributed by atoms with Crippen molar-refractivity contribution in [2.75, 3.05) is 0 Å². The molecule has 0 heterocycles. The molecule has 0 spiro atoms. The van der Waals surface area contributed by atoms with Crippen molar-refractivity contribution in [3.05, 3.63) is 0 Å². The van der Waals surface area contributed by atoms with Crippen LogP contribution < -0.4 is 0 Å². The largest absolute Gasteiger partial charge is 0.481 e. The van der Waals surface area contributed by atoms with Crippen LogP contribution in [0.4, 0.5) is 0 Å². The van der Waals surface area contributed by atoms with E-state index in [1.54, 1.807) is 0 Å². The summed E-state index contributed by atoms with van der Waals surface area (Å²) in [5, 5.41) is 28.4. The number of aliphatic carboxylic acids is 1. The van der Waals surface area contributed by atoms with Crippen LogP contribution in [0.2, 0.25) is 0 Å². The van der Waals surface area contributed by atoms with E-state index in [0.29, 0.717) is 19.3 Å². The van der Waals surface area contributed by atoms with Gasteiger partial charge in [-0.2, -0.15) is 0 Å². The summed E-state index contributed by atoms with van der Waals surface area (Å²) in [7, 11) is 0. The number of aliphatic hydroxyl groups is 2. The van der Waals surface area contributed by atoms with Crippen LogP contribution >= 0.6 is 0 Å². The van der Waals surface area contributed by atoms with Crippen LogP contribution in [0, 0.1) is 0 Å². The number of hydrogen-bond acceptors (Lipinski definition) is 5. The minimum absolute atomic E-state index is 0.207. The zero-order valence-corrected chi connectivity index (χ0v) is 17.2. The lowest BCUT2D eigenvalue weighted by atomic mass is 9.99. The molecule has 3 atom stereocenters. The quantitative estimate of drug-likeness (QED) is 0.240. The van der Waals surface area contributed by atoms with Crippen molar-refractivity contribution in [3.8, 4) is 0 Å². The highest BCUT2D eigenvalue weighted by Gasteiger charge is 2.24. The number of rotatable bonds is 18. The summed E-state index contributed by atoms with van der Waals surface area (Å²) < 4.78 is 5.32. The second-order valence-corrected chi connectivity index (χ2v) is 7.48. The SMILES string of the molecule is CCCCCCCCC(OC(=O)C(C)O)C(O)CCCCCCCC(=O)O. The summed E-state index contributed by atoms with van der Waals surface area (Å²) in [6, 6.07) is 0. The van der Waals surface area contributed by atoms with E-state index in [9.17, 15) is 19.8 Å². The average molecular weight is 389 g/mol. The maximum absolute atomic E-state index is 11.7. The van der Waals surface area contributed by atoms with Gasteiger partial charge in [0.25, 0.3) is 0 Å². The Morgan fingerprint density at radius 1 is 0.815 bits per heavy atom. The van der Waals surface area contributed by atoms with E-state index in [0.717, 1.165) is 44.9 Å². The fraction of sp³-hybridized carbons (Fsp3) is 0.905. The maximum Gasteiger partial charge on any atom is 0.335 e. The Hall–Kier alpha value is -1.14. The van der Waals surface area contributed by atoms with Gasteiger partial charge in [-0.25, -0.2) is 4.79 Å². The van der Waals surface area contributed by atoms with Gasteiger partial charge in [-0.1, -0.05) is 64.7 Å². The van der Waals surface area contributed by atoms with Crippen LogP contribution in [0.3, 0.4) is 0 Å². The van der Waals surface area contributed by atoms with E-state index in [1.807, 2.05) is 0 Å². The molecule has 160 valence electrons. The van der Waals surface area contributed by atoms with Crippen molar-refractivity contribution in [2.45, 2.75) is 122 Å². The molecule has 0 aliphatic carbocycles. The number of ether oxygens (including phenoxy) is 1. The molecular weight excluding hydrogens is 348 g/mol. The number of carbonyl (C=O) groups excluding carboxylic acids is 1. The Balaban J connectivity index is 4.13. The molecule has 0 amide bonds. The second kappa shape index (κ2) is 17.0. The normalized spacial score (nSPS) is 14.5. The molecule has 0 aliphatic rings. The molecule has 0 rings (SSSR count). The standard InChI is InChI=1S/C21H40O6/c1-3-4-5-6-9-12-15-19(27-21(26)17(2)22)18(23)14-11-8-7-10-13-16-20(24)25/h17-19,22-23H,3-16H2,1-2H3,(H,24,25). The summed E-state index contributed by atoms with van der Waals surface area (Å²) in [5.74, 6) is -1.44. The molecule has 0 saturated carbocycles. The van der Waals surface area contributed by atoms with Crippen LogP contribution in [0.25, 0.3) is 0 Å². The minimum atomic E-state index is -1.18. The summed E-state index contributed by atoms with van der Waals surface area (Å²) in [6.45, 7) is 3.54. The number of aliphatic hydroxyl groups excluding tert-OH is 2. The fourth-order valence-corrected chi connectivity index (χ4v) is 3.05. The number of esters is 1. The van der Waals surface area contributed by atoms with Gasteiger partial charge in [-0.3, -0.25) is 4.79 Å². The van der Waals surface area contributed by atoms with Crippen LogP contribution in [0.1, 0.15) is 104 Å². The first-order chi connectivity index (χ1) is 12.9. The molecule has 27 heavy (non-hydrogen) atoms. The summed E-state index contributed by atoms with van der Waals surface area (Å²) in [4.78, 5) is 22.2. The van der Waals surface area contributed by atoms with Gasteiger partial charge < -0.3 is 20.1 Å². The lowest BCUT2D eigenvalue weighted by Crippen LogP contribution is -2.34. The second-order valence-electron chi connectivity index (χ2n) is 7.48. The topological polar surface area (TPSA) is 104 Å². The molecule has 0 bridgehead atoms. The molecule has 0 aromatic heterocycles. The third-order valence-corrected chi connectivity index (χ3v) is 4.77. The van der Waals surface area contributed by atoms with E-state index in [4.69, 9.17) is 9.84 Å². The number of carboxylic acid groups (broad SMARTS) is 1. The highest BCUT2D eigenvalue weighted by molar-refractivity contribution is 5.74. The first-order valence-corrected chi connectivity index (χ1v) is 10.7. The highest BCUT2D eigenvalue weighted by atomic mass is 16.6. The van der Waals surface area contributed by atoms with Gasteiger partial charge in [0.2, 0.25) is 0 Å². The predicted octanol–water partition coefficient (Wildman–Crippen LogP) is 4.21. The van der Waals surface area contributed by atoms with Gasteiger partial charge in [0.1, 0.15) is 12.2 Å². The Morgan fingerprint density at radius 3 is 1.89 bits per heavy atom. The van der Waals surface area contributed by atoms with Gasteiger partial charge in [0, 0.05) is 6.42 Å². The monoisotopic (exact) mass is 388 g/mol. The Morgan fingerprint density at radius 2 is 1.33 bits per heavy atom. The molecule has 3 N–H and O–H groups in total. The summed E-state index contributed by atoms with van der Waals surface area (Å²) >= 11 is 0. The molecule has 0 radical (unpaired) electrons. The molecule has 6 heteroatoms. The molecule has 0 aliphatic heterocycles. The van der Waals surface area contributed by atoms with Crippen molar-refractivity contribution < 1.29 is 29.6 Å². The zero-order valence-electron chi connectivity index (χ0n) is 17.2. The smallest absolute Gasteiger partial charge is 0.335 e. The number of carboxylic acids is 1. The number of unbranched alkanes of at least 4 members (excludes halogenated alkanes) is 9. The molecule has 3 unspecified atom stereocenters. The van der Waals surface area contributed by atoms with E-state index in [2.05, 4.69) is 6.92 Å². The fourth-order valence-electron chi connectivity index (χ4n) is 3.05. The van der Waals surface area contributed by atoms with Crippen molar-refractivity contribution in [3.63, 3.8) is 0 Å². The average Bonchev–Trinajstić information content (AvgIpc) is 2.61. The van der Waals surface area contributed by atoms with E-state index < -0.39 is 30.3 Å². The van der Waals surface area contributed by atoms with Crippen molar-refractivity contribution in [1.29, 1.82) is 0 Å². The van der Waals surface area contributed by atoms with E-state index >= 15 is 0 Å². The first kappa shape index (κ1) is 25.9. The molecule has 0 saturated heterocycles. The first-order valence-electron chi connectivity index (χ1n) is 10.7. The Labute approximate surface area is 164 Å². The highest BCUT2D eigenvalue weighted by Crippen LogP contribution is 2.18. The van der Waals surface area contributed by atoms with Crippen LogP contribution in [0.15, 0.2) is 0 Å².